The lowest BCUT2D eigenvalue weighted by Gasteiger charge is -2.51. The van der Waals surface area contributed by atoms with Crippen molar-refractivity contribution in [2.45, 2.75) is 50.7 Å². The molecule has 33 heavy (non-hydrogen) atoms. The first-order chi connectivity index (χ1) is 16.0. The molecule has 2 aliphatic carbocycles. The highest BCUT2D eigenvalue weighted by molar-refractivity contribution is 5.75. The fraction of sp³-hybridized carbons (Fsp3) is 0.679. The number of hydrogen-bond donors (Lipinski definition) is 0. The highest BCUT2D eigenvalue weighted by Crippen LogP contribution is 2.62. The summed E-state index contributed by atoms with van der Waals surface area (Å²) in [7, 11) is 0. The van der Waals surface area contributed by atoms with E-state index in [0.717, 1.165) is 58.7 Å². The van der Waals surface area contributed by atoms with Gasteiger partial charge in [-0.25, -0.2) is 0 Å². The van der Waals surface area contributed by atoms with Crippen LogP contribution < -0.4 is 0 Å². The summed E-state index contributed by atoms with van der Waals surface area (Å²) in [6, 6.07) is 10.5. The van der Waals surface area contributed by atoms with Crippen molar-refractivity contribution in [3.63, 3.8) is 0 Å². The quantitative estimate of drug-likeness (QED) is 0.504. The number of carbonyl (C=O) groups excluding carboxylic acids is 1. The molecule has 1 aromatic carbocycles. The lowest BCUT2D eigenvalue weighted by Crippen LogP contribution is -2.52. The van der Waals surface area contributed by atoms with Crippen LogP contribution in [0.3, 0.4) is 0 Å². The van der Waals surface area contributed by atoms with Crippen molar-refractivity contribution in [1.29, 1.82) is 0 Å². The number of benzene rings is 1. The summed E-state index contributed by atoms with van der Waals surface area (Å²) in [6.07, 6.45) is 10.5. The SMILES string of the molecule is CC12CCCC3(CO3)C1CC1C(C2)OC(=O)C1CN1CCN(CC=Cc2ccccc2)CC1. The number of epoxide rings is 1. The Morgan fingerprint density at radius 3 is 2.61 bits per heavy atom. The number of hydrogen-bond acceptors (Lipinski definition) is 5. The molecule has 3 heterocycles. The maximum absolute atomic E-state index is 12.9. The van der Waals surface area contributed by atoms with Crippen molar-refractivity contribution in [2.75, 3.05) is 45.9 Å². The van der Waals surface area contributed by atoms with Crippen LogP contribution in [0.2, 0.25) is 0 Å². The Morgan fingerprint density at radius 1 is 1.09 bits per heavy atom. The Balaban J connectivity index is 1.04. The van der Waals surface area contributed by atoms with E-state index in [1.807, 2.05) is 0 Å². The van der Waals surface area contributed by atoms with Crippen molar-refractivity contribution in [2.24, 2.45) is 23.2 Å². The third kappa shape index (κ3) is 4.17. The van der Waals surface area contributed by atoms with Crippen LogP contribution in [0.1, 0.15) is 44.6 Å². The van der Waals surface area contributed by atoms with Crippen molar-refractivity contribution in [3.05, 3.63) is 42.0 Å². The van der Waals surface area contributed by atoms with E-state index in [-0.39, 0.29) is 29.0 Å². The van der Waals surface area contributed by atoms with E-state index in [0.29, 0.717) is 11.8 Å². The number of fused-ring (bicyclic) bond motifs is 3. The summed E-state index contributed by atoms with van der Waals surface area (Å²) in [5.74, 6) is 1.08. The molecule has 5 fully saturated rings. The molecular weight excluding hydrogens is 412 g/mol. The minimum atomic E-state index is 0.0433. The summed E-state index contributed by atoms with van der Waals surface area (Å²) in [5.41, 5.74) is 1.67. The minimum absolute atomic E-state index is 0.0433. The van der Waals surface area contributed by atoms with Gasteiger partial charge in [-0.3, -0.25) is 14.6 Å². The molecule has 0 amide bonds. The average molecular weight is 451 g/mol. The molecule has 0 aromatic heterocycles. The summed E-state index contributed by atoms with van der Waals surface area (Å²) >= 11 is 0. The van der Waals surface area contributed by atoms with Crippen molar-refractivity contribution in [1.82, 2.24) is 9.80 Å². The fourth-order valence-corrected chi connectivity index (χ4v) is 7.50. The Hall–Kier alpha value is -1.69. The van der Waals surface area contributed by atoms with Gasteiger partial charge >= 0.3 is 5.97 Å². The Kier molecular flexibility index (Phi) is 5.63. The zero-order chi connectivity index (χ0) is 22.5. The lowest BCUT2D eigenvalue weighted by molar-refractivity contribution is -0.147. The molecule has 0 N–H and O–H groups in total. The van der Waals surface area contributed by atoms with Crippen LogP contribution in [0.4, 0.5) is 0 Å². The van der Waals surface area contributed by atoms with Crippen molar-refractivity contribution < 1.29 is 14.3 Å². The Labute approximate surface area is 198 Å². The van der Waals surface area contributed by atoms with Gasteiger partial charge in [-0.05, 0) is 49.0 Å². The molecule has 5 nitrogen and oxygen atoms in total. The third-order valence-corrected chi connectivity index (χ3v) is 9.47. The molecular formula is C28H38N2O3. The van der Waals surface area contributed by atoms with E-state index in [9.17, 15) is 4.79 Å². The van der Waals surface area contributed by atoms with Crippen LogP contribution in [0.5, 0.6) is 0 Å². The molecule has 3 saturated heterocycles. The first-order valence-electron chi connectivity index (χ1n) is 13.1. The number of piperazine rings is 1. The second-order valence-corrected chi connectivity index (χ2v) is 11.5. The zero-order valence-corrected chi connectivity index (χ0v) is 20.0. The van der Waals surface area contributed by atoms with E-state index < -0.39 is 0 Å². The van der Waals surface area contributed by atoms with Crippen molar-refractivity contribution >= 4 is 12.0 Å². The summed E-state index contributed by atoms with van der Waals surface area (Å²) in [6.45, 7) is 9.42. The number of carbonyl (C=O) groups is 1. The summed E-state index contributed by atoms with van der Waals surface area (Å²) in [4.78, 5) is 18.0. The molecule has 0 radical (unpaired) electrons. The van der Waals surface area contributed by atoms with E-state index >= 15 is 0 Å². The van der Waals surface area contributed by atoms with Crippen LogP contribution in [0.15, 0.2) is 36.4 Å². The van der Waals surface area contributed by atoms with Crippen LogP contribution in [0.25, 0.3) is 6.08 Å². The smallest absolute Gasteiger partial charge is 0.310 e. The van der Waals surface area contributed by atoms with E-state index in [1.165, 1.54) is 24.8 Å². The molecule has 1 spiro atoms. The average Bonchev–Trinajstić information content (AvgIpc) is 3.52. The van der Waals surface area contributed by atoms with Crippen LogP contribution in [0, 0.1) is 23.2 Å². The van der Waals surface area contributed by atoms with Crippen molar-refractivity contribution in [3.8, 4) is 0 Å². The van der Waals surface area contributed by atoms with Gasteiger partial charge < -0.3 is 9.47 Å². The molecule has 0 bridgehead atoms. The molecule has 1 aromatic rings. The highest BCUT2D eigenvalue weighted by Gasteiger charge is 2.65. The first-order valence-corrected chi connectivity index (χ1v) is 13.1. The second kappa shape index (κ2) is 8.51. The molecule has 5 heteroatoms. The lowest BCUT2D eigenvalue weighted by atomic mass is 9.53. The van der Waals surface area contributed by atoms with Gasteiger partial charge in [0.15, 0.2) is 0 Å². The molecule has 178 valence electrons. The van der Waals surface area contributed by atoms with Crippen LogP contribution >= 0.6 is 0 Å². The van der Waals surface area contributed by atoms with Gasteiger partial charge in [0.25, 0.3) is 0 Å². The summed E-state index contributed by atoms with van der Waals surface area (Å²) in [5, 5.41) is 0. The normalized spacial score (nSPS) is 41.2. The maximum Gasteiger partial charge on any atom is 0.310 e. The van der Waals surface area contributed by atoms with Gasteiger partial charge in [-0.1, -0.05) is 49.4 Å². The standard InChI is InChI=1S/C28H38N2O3/c1-27-10-6-11-28(20-32-28)25(27)17-22-23(26(31)33-24(22)18-27)19-30-15-13-29(14-16-30)12-5-9-21-7-3-2-4-8-21/h2-5,7-9,22-25H,6,10-20H2,1H3. The predicted octanol–water partition coefficient (Wildman–Crippen LogP) is 3.84. The largest absolute Gasteiger partial charge is 0.462 e. The predicted molar refractivity (Wildman–Crippen MR) is 129 cm³/mol. The number of nitrogens with zero attached hydrogens (tertiary/aromatic N) is 2. The van der Waals surface area contributed by atoms with E-state index in [2.05, 4.69) is 59.2 Å². The number of esters is 1. The molecule has 6 unspecified atom stereocenters. The minimum Gasteiger partial charge on any atom is -0.462 e. The zero-order valence-electron chi connectivity index (χ0n) is 20.0. The Morgan fingerprint density at radius 2 is 1.85 bits per heavy atom. The molecule has 5 aliphatic rings. The van der Waals surface area contributed by atoms with Crippen LogP contribution in [-0.2, 0) is 14.3 Å². The fourth-order valence-electron chi connectivity index (χ4n) is 7.50. The number of rotatable bonds is 5. The van der Waals surface area contributed by atoms with E-state index in [4.69, 9.17) is 9.47 Å². The van der Waals surface area contributed by atoms with Gasteiger partial charge in [0.1, 0.15) is 6.10 Å². The topological polar surface area (TPSA) is 45.3 Å². The van der Waals surface area contributed by atoms with Gasteiger partial charge in [0, 0.05) is 45.2 Å². The molecule has 6 rings (SSSR count). The van der Waals surface area contributed by atoms with Gasteiger partial charge in [0.05, 0.1) is 18.1 Å². The number of ether oxygens (including phenoxy) is 2. The maximum atomic E-state index is 12.9. The Bertz CT molecular complexity index is 890. The third-order valence-electron chi connectivity index (χ3n) is 9.47. The monoisotopic (exact) mass is 450 g/mol. The molecule has 2 saturated carbocycles. The van der Waals surface area contributed by atoms with Crippen LogP contribution in [-0.4, -0.2) is 73.3 Å². The second-order valence-electron chi connectivity index (χ2n) is 11.5. The van der Waals surface area contributed by atoms with Gasteiger partial charge in [-0.15, -0.1) is 0 Å². The van der Waals surface area contributed by atoms with Gasteiger partial charge in [0.2, 0.25) is 0 Å². The highest BCUT2D eigenvalue weighted by atomic mass is 16.6. The molecule has 3 aliphatic heterocycles. The van der Waals surface area contributed by atoms with E-state index in [1.54, 1.807) is 0 Å². The van der Waals surface area contributed by atoms with Gasteiger partial charge in [-0.2, -0.15) is 0 Å². The first kappa shape index (κ1) is 21.8. The summed E-state index contributed by atoms with van der Waals surface area (Å²) < 4.78 is 12.1. The molecule has 6 atom stereocenters.